The van der Waals surface area contributed by atoms with Gasteiger partial charge in [0.2, 0.25) is 0 Å². The lowest BCUT2D eigenvalue weighted by atomic mass is 9.90. The highest BCUT2D eigenvalue weighted by Crippen LogP contribution is 2.39. The fourth-order valence-corrected chi connectivity index (χ4v) is 6.94. The first-order valence-corrected chi connectivity index (χ1v) is 15.6. The van der Waals surface area contributed by atoms with Crippen LogP contribution in [0, 0.1) is 11.3 Å². The van der Waals surface area contributed by atoms with E-state index in [1.165, 1.54) is 15.6 Å². The molecule has 0 radical (unpaired) electrons. The first-order valence-electron chi connectivity index (χ1n) is 14.8. The third-order valence-electron chi connectivity index (χ3n) is 8.21. The van der Waals surface area contributed by atoms with Gasteiger partial charge in [-0.1, -0.05) is 103 Å². The summed E-state index contributed by atoms with van der Waals surface area (Å²) < 4.78 is 1.20. The lowest BCUT2D eigenvalue weighted by Gasteiger charge is -2.14. The van der Waals surface area contributed by atoms with E-state index in [9.17, 15) is 5.26 Å². The Kier molecular flexibility index (Phi) is 6.72. The molecule has 0 fully saturated rings. The predicted octanol–water partition coefficient (Wildman–Crippen LogP) is 11.1. The third-order valence-corrected chi connectivity index (χ3v) is 9.30. The van der Waals surface area contributed by atoms with Crippen molar-refractivity contribution in [2.24, 2.45) is 0 Å². The van der Waals surface area contributed by atoms with E-state index in [1.807, 2.05) is 36.4 Å². The normalized spacial score (nSPS) is 11.1. The average Bonchev–Trinajstić information content (AvgIpc) is 3.56. The molecule has 2 heterocycles. The highest BCUT2D eigenvalue weighted by atomic mass is 32.1. The largest absolute Gasteiger partial charge is 0.256 e. The van der Waals surface area contributed by atoms with Crippen LogP contribution in [0.3, 0.4) is 0 Å². The van der Waals surface area contributed by atoms with Gasteiger partial charge in [-0.15, -0.1) is 11.3 Å². The van der Waals surface area contributed by atoms with Gasteiger partial charge >= 0.3 is 0 Å². The van der Waals surface area contributed by atoms with Crippen LogP contribution >= 0.6 is 11.3 Å². The second-order valence-corrected chi connectivity index (χ2v) is 12.0. The molecule has 0 bridgehead atoms. The van der Waals surface area contributed by atoms with E-state index in [0.29, 0.717) is 5.56 Å². The van der Waals surface area contributed by atoms with Crippen LogP contribution < -0.4 is 0 Å². The number of rotatable bonds is 5. The summed E-state index contributed by atoms with van der Waals surface area (Å²) in [4.78, 5) is 9.31. The van der Waals surface area contributed by atoms with Gasteiger partial charge in [0.25, 0.3) is 0 Å². The van der Waals surface area contributed by atoms with Gasteiger partial charge in [0.05, 0.1) is 27.5 Å². The van der Waals surface area contributed by atoms with Crippen molar-refractivity contribution in [2.75, 3.05) is 0 Å². The minimum atomic E-state index is 0.634. The average molecular weight is 592 g/mol. The maximum atomic E-state index is 9.96. The molecular weight excluding hydrogens is 567 g/mol. The van der Waals surface area contributed by atoms with Crippen molar-refractivity contribution in [1.82, 2.24) is 9.97 Å². The molecule has 0 amide bonds. The van der Waals surface area contributed by atoms with Crippen molar-refractivity contribution in [2.45, 2.75) is 0 Å². The van der Waals surface area contributed by atoms with E-state index in [0.717, 1.165) is 60.5 Å². The summed E-state index contributed by atoms with van der Waals surface area (Å²) in [5.41, 5.74) is 11.3. The second-order valence-electron chi connectivity index (χ2n) is 11.0. The van der Waals surface area contributed by atoms with E-state index < -0.39 is 0 Å². The number of benzene rings is 6. The zero-order valence-electron chi connectivity index (χ0n) is 24.2. The molecule has 8 rings (SSSR count). The van der Waals surface area contributed by atoms with Gasteiger partial charge in [0.15, 0.2) is 0 Å². The second kappa shape index (κ2) is 11.3. The van der Waals surface area contributed by atoms with Gasteiger partial charge in [0, 0.05) is 17.3 Å². The van der Waals surface area contributed by atoms with E-state index in [-0.39, 0.29) is 0 Å². The first kappa shape index (κ1) is 26.7. The van der Waals surface area contributed by atoms with E-state index in [1.54, 1.807) is 17.5 Å². The Balaban J connectivity index is 1.17. The Labute approximate surface area is 265 Å². The van der Waals surface area contributed by atoms with E-state index in [4.69, 9.17) is 4.98 Å². The topological polar surface area (TPSA) is 49.6 Å². The summed E-state index contributed by atoms with van der Waals surface area (Å²) in [6.07, 6.45) is 1.81. The molecular formula is C41H25N3S. The number of hydrogen-bond donors (Lipinski definition) is 0. The van der Waals surface area contributed by atoms with Crippen LogP contribution in [0.15, 0.2) is 152 Å². The quantitative estimate of drug-likeness (QED) is 0.200. The molecule has 210 valence electrons. The molecule has 0 saturated heterocycles. The standard InChI is InChI=1S/C41H25N3S/c42-26-27-23-32(28-12-16-30(17-13-28)38-9-5-6-22-43-38)25-33(24-27)35-21-20-34(36-7-1-2-8-37(35)36)29-14-18-31(19-15-29)41-44-39-10-3-4-11-40(39)45-41/h1-25H. The summed E-state index contributed by atoms with van der Waals surface area (Å²) in [6.45, 7) is 0. The molecule has 4 heteroatoms. The minimum Gasteiger partial charge on any atom is -0.256 e. The van der Waals surface area contributed by atoms with Crippen LogP contribution in [0.2, 0.25) is 0 Å². The lowest BCUT2D eigenvalue weighted by Crippen LogP contribution is -1.89. The van der Waals surface area contributed by atoms with Crippen molar-refractivity contribution in [3.63, 3.8) is 0 Å². The molecule has 0 spiro atoms. The minimum absolute atomic E-state index is 0.634. The smallest absolute Gasteiger partial charge is 0.124 e. The molecule has 45 heavy (non-hydrogen) atoms. The maximum Gasteiger partial charge on any atom is 0.124 e. The van der Waals surface area contributed by atoms with Crippen molar-refractivity contribution in [3.8, 4) is 61.3 Å². The Morgan fingerprint density at radius 3 is 1.84 bits per heavy atom. The zero-order chi connectivity index (χ0) is 30.2. The zero-order valence-corrected chi connectivity index (χ0v) is 25.0. The first-order chi connectivity index (χ1) is 22.2. The molecule has 0 saturated carbocycles. The van der Waals surface area contributed by atoms with Crippen molar-refractivity contribution in [3.05, 3.63) is 157 Å². The summed E-state index contributed by atoms with van der Waals surface area (Å²) in [6, 6.07) is 52.7. The maximum absolute atomic E-state index is 9.96. The molecule has 0 unspecified atom stereocenters. The molecule has 3 nitrogen and oxygen atoms in total. The Morgan fingerprint density at radius 2 is 1.13 bits per heavy atom. The third kappa shape index (κ3) is 5.06. The molecule has 0 aliphatic carbocycles. The fourth-order valence-electron chi connectivity index (χ4n) is 5.97. The summed E-state index contributed by atoms with van der Waals surface area (Å²) in [7, 11) is 0. The van der Waals surface area contributed by atoms with Crippen molar-refractivity contribution in [1.29, 1.82) is 5.26 Å². The van der Waals surface area contributed by atoms with Crippen LogP contribution in [0.4, 0.5) is 0 Å². The Morgan fingerprint density at radius 1 is 0.511 bits per heavy atom. The lowest BCUT2D eigenvalue weighted by molar-refractivity contribution is 1.33. The number of nitrogens with zero attached hydrogens (tertiary/aromatic N) is 3. The van der Waals surface area contributed by atoms with Crippen molar-refractivity contribution < 1.29 is 0 Å². The summed E-state index contributed by atoms with van der Waals surface area (Å²) in [5.74, 6) is 0. The van der Waals surface area contributed by atoms with Crippen LogP contribution in [0.25, 0.3) is 76.2 Å². The molecule has 0 N–H and O–H groups in total. The van der Waals surface area contributed by atoms with Gasteiger partial charge in [0.1, 0.15) is 5.01 Å². The number of nitriles is 1. The van der Waals surface area contributed by atoms with Gasteiger partial charge in [-0.2, -0.15) is 5.26 Å². The van der Waals surface area contributed by atoms with Crippen LogP contribution in [0.5, 0.6) is 0 Å². The monoisotopic (exact) mass is 591 g/mol. The van der Waals surface area contributed by atoms with Gasteiger partial charge < -0.3 is 0 Å². The predicted molar refractivity (Wildman–Crippen MR) is 187 cm³/mol. The molecule has 6 aromatic carbocycles. The number of thiazole rings is 1. The summed E-state index contributed by atoms with van der Waals surface area (Å²) >= 11 is 1.72. The van der Waals surface area contributed by atoms with Crippen LogP contribution in [0.1, 0.15) is 5.56 Å². The number of para-hydroxylation sites is 1. The van der Waals surface area contributed by atoms with Gasteiger partial charge in [-0.3, -0.25) is 4.98 Å². The molecule has 8 aromatic rings. The highest BCUT2D eigenvalue weighted by molar-refractivity contribution is 7.21. The Bertz CT molecular complexity index is 2330. The molecule has 0 aliphatic heterocycles. The number of pyridine rings is 1. The fraction of sp³-hybridized carbons (Fsp3) is 0. The van der Waals surface area contributed by atoms with Crippen molar-refractivity contribution >= 4 is 32.3 Å². The Hall–Kier alpha value is -5.89. The van der Waals surface area contributed by atoms with Crippen LogP contribution in [-0.2, 0) is 0 Å². The van der Waals surface area contributed by atoms with Gasteiger partial charge in [-0.05, 0) is 86.6 Å². The molecule has 0 aliphatic rings. The molecule has 2 aromatic heterocycles. The number of aromatic nitrogens is 2. The SMILES string of the molecule is N#Cc1cc(-c2ccc(-c3ccccn3)cc2)cc(-c2ccc(-c3ccc(-c4nc5ccccc5s4)cc3)c3ccccc23)c1. The van der Waals surface area contributed by atoms with E-state index in [2.05, 4.69) is 120 Å². The molecule has 0 atom stereocenters. The summed E-state index contributed by atoms with van der Waals surface area (Å²) in [5, 5.41) is 13.3. The number of fused-ring (bicyclic) bond motifs is 2. The number of hydrogen-bond acceptors (Lipinski definition) is 4. The van der Waals surface area contributed by atoms with Gasteiger partial charge in [-0.25, -0.2) is 4.98 Å². The van der Waals surface area contributed by atoms with E-state index >= 15 is 0 Å². The highest BCUT2D eigenvalue weighted by Gasteiger charge is 2.13. The van der Waals surface area contributed by atoms with Crippen LogP contribution in [-0.4, -0.2) is 9.97 Å².